The van der Waals surface area contributed by atoms with Crippen LogP contribution in [-0.2, 0) is 14.3 Å². The Morgan fingerprint density at radius 1 is 1.28 bits per heavy atom. The fourth-order valence-corrected chi connectivity index (χ4v) is 1.08. The summed E-state index contributed by atoms with van der Waals surface area (Å²) < 4.78 is 41.5. The molecule has 0 fully saturated rings. The van der Waals surface area contributed by atoms with Crippen LogP contribution in [0.5, 0.6) is 0 Å². The van der Waals surface area contributed by atoms with Gasteiger partial charge in [-0.05, 0) is 20.8 Å². The molecule has 18 heavy (non-hydrogen) atoms. The van der Waals surface area contributed by atoms with Crippen molar-refractivity contribution >= 4 is 11.9 Å². The maximum atomic E-state index is 12.2. The van der Waals surface area contributed by atoms with Crippen LogP contribution >= 0.6 is 0 Å². The van der Waals surface area contributed by atoms with Crippen LogP contribution in [0.1, 0.15) is 20.8 Å². The highest BCUT2D eigenvalue weighted by atomic mass is 19.4. The number of carbonyl (C=O) groups is 2. The standard InChI is InChI=1S/C11H16F3NO3/c1-5-6-15(9(17)11(12,13)14)7-8(16)18-10(2,3)4/h5H,1,6-7H2,2-4H3. The lowest BCUT2D eigenvalue weighted by atomic mass is 10.2. The highest BCUT2D eigenvalue weighted by Crippen LogP contribution is 2.18. The van der Waals surface area contributed by atoms with Gasteiger partial charge in [-0.2, -0.15) is 13.2 Å². The molecule has 0 saturated carbocycles. The van der Waals surface area contributed by atoms with E-state index in [1.165, 1.54) is 0 Å². The second-order valence-electron chi connectivity index (χ2n) is 4.56. The van der Waals surface area contributed by atoms with Gasteiger partial charge in [0.25, 0.3) is 0 Å². The number of alkyl halides is 3. The third kappa shape index (κ3) is 6.27. The zero-order valence-corrected chi connectivity index (χ0v) is 10.5. The number of rotatable bonds is 4. The fraction of sp³-hybridized carbons (Fsp3) is 0.636. The number of hydrogen-bond donors (Lipinski definition) is 0. The first-order valence-corrected chi connectivity index (χ1v) is 5.16. The Bertz CT molecular complexity index is 331. The van der Waals surface area contributed by atoms with Gasteiger partial charge in [-0.15, -0.1) is 6.58 Å². The minimum atomic E-state index is -5.02. The Balaban J connectivity index is 4.69. The first-order valence-electron chi connectivity index (χ1n) is 5.16. The highest BCUT2D eigenvalue weighted by molar-refractivity contribution is 5.86. The molecule has 0 aromatic heterocycles. The topological polar surface area (TPSA) is 46.6 Å². The molecule has 0 saturated heterocycles. The molecule has 0 bridgehead atoms. The molecule has 104 valence electrons. The van der Waals surface area contributed by atoms with Crippen LogP contribution in [0.25, 0.3) is 0 Å². The number of ether oxygens (including phenoxy) is 1. The van der Waals surface area contributed by atoms with E-state index in [4.69, 9.17) is 4.74 Å². The summed E-state index contributed by atoms with van der Waals surface area (Å²) in [7, 11) is 0. The minimum Gasteiger partial charge on any atom is -0.459 e. The smallest absolute Gasteiger partial charge is 0.459 e. The van der Waals surface area contributed by atoms with E-state index in [0.29, 0.717) is 4.90 Å². The Kier molecular flexibility index (Phi) is 5.38. The Morgan fingerprint density at radius 2 is 1.78 bits per heavy atom. The van der Waals surface area contributed by atoms with Crippen molar-refractivity contribution in [3.8, 4) is 0 Å². The Hall–Kier alpha value is -1.53. The SMILES string of the molecule is C=CCN(CC(=O)OC(C)(C)C)C(=O)C(F)(F)F. The zero-order valence-electron chi connectivity index (χ0n) is 10.5. The summed E-state index contributed by atoms with van der Waals surface area (Å²) in [6, 6.07) is 0. The average Bonchev–Trinajstić information content (AvgIpc) is 2.11. The van der Waals surface area contributed by atoms with Gasteiger partial charge in [-0.25, -0.2) is 0 Å². The maximum absolute atomic E-state index is 12.2. The summed E-state index contributed by atoms with van der Waals surface area (Å²) in [4.78, 5) is 22.7. The monoisotopic (exact) mass is 267 g/mol. The Labute approximate surface area is 103 Å². The summed E-state index contributed by atoms with van der Waals surface area (Å²) in [6.07, 6.45) is -3.92. The van der Waals surface area contributed by atoms with Crippen LogP contribution in [-0.4, -0.2) is 41.6 Å². The van der Waals surface area contributed by atoms with E-state index in [1.807, 2.05) is 0 Å². The molecule has 0 spiro atoms. The van der Waals surface area contributed by atoms with Crippen LogP contribution in [0, 0.1) is 0 Å². The lowest BCUT2D eigenvalue weighted by Crippen LogP contribution is -2.45. The Morgan fingerprint density at radius 3 is 2.11 bits per heavy atom. The number of esters is 1. The molecular formula is C11H16F3NO3. The molecule has 0 aliphatic carbocycles. The third-order valence-electron chi connectivity index (χ3n) is 1.62. The third-order valence-corrected chi connectivity index (χ3v) is 1.62. The van der Waals surface area contributed by atoms with Gasteiger partial charge in [0.2, 0.25) is 0 Å². The number of carbonyl (C=O) groups excluding carboxylic acids is 2. The summed E-state index contributed by atoms with van der Waals surface area (Å²) in [5.41, 5.74) is -0.821. The summed E-state index contributed by atoms with van der Waals surface area (Å²) in [5.74, 6) is -2.99. The van der Waals surface area contributed by atoms with Crippen molar-refractivity contribution in [1.29, 1.82) is 0 Å². The van der Waals surface area contributed by atoms with E-state index >= 15 is 0 Å². The van der Waals surface area contributed by atoms with E-state index < -0.39 is 30.2 Å². The minimum absolute atomic E-state index is 0.334. The van der Waals surface area contributed by atoms with Crippen LogP contribution in [0.2, 0.25) is 0 Å². The molecule has 0 aromatic rings. The molecule has 7 heteroatoms. The molecule has 0 heterocycles. The average molecular weight is 267 g/mol. The van der Waals surface area contributed by atoms with Gasteiger partial charge in [0, 0.05) is 6.54 Å². The number of halogens is 3. The quantitative estimate of drug-likeness (QED) is 0.577. The molecule has 0 atom stereocenters. The van der Waals surface area contributed by atoms with E-state index in [-0.39, 0.29) is 6.54 Å². The first kappa shape index (κ1) is 16.5. The zero-order chi connectivity index (χ0) is 14.6. The molecule has 0 N–H and O–H groups in total. The lowest BCUT2D eigenvalue weighted by Gasteiger charge is -2.24. The van der Waals surface area contributed by atoms with E-state index in [9.17, 15) is 22.8 Å². The van der Waals surface area contributed by atoms with Crippen molar-refractivity contribution in [2.75, 3.05) is 13.1 Å². The van der Waals surface area contributed by atoms with Crippen LogP contribution in [0.15, 0.2) is 12.7 Å². The summed E-state index contributed by atoms with van der Waals surface area (Å²) in [5, 5.41) is 0. The summed E-state index contributed by atoms with van der Waals surface area (Å²) >= 11 is 0. The van der Waals surface area contributed by atoms with E-state index in [1.54, 1.807) is 20.8 Å². The summed E-state index contributed by atoms with van der Waals surface area (Å²) in [6.45, 7) is 6.83. The predicted octanol–water partition coefficient (Wildman–Crippen LogP) is 1.91. The fourth-order valence-electron chi connectivity index (χ4n) is 1.08. The number of nitrogens with zero attached hydrogens (tertiary/aromatic N) is 1. The largest absolute Gasteiger partial charge is 0.471 e. The second-order valence-corrected chi connectivity index (χ2v) is 4.56. The molecule has 0 rings (SSSR count). The molecule has 0 aromatic carbocycles. The van der Waals surface area contributed by atoms with Gasteiger partial charge in [-0.3, -0.25) is 9.59 Å². The molecule has 0 aliphatic heterocycles. The van der Waals surface area contributed by atoms with Crippen LogP contribution in [0.4, 0.5) is 13.2 Å². The van der Waals surface area contributed by atoms with E-state index in [2.05, 4.69) is 6.58 Å². The predicted molar refractivity (Wildman–Crippen MR) is 58.7 cm³/mol. The van der Waals surface area contributed by atoms with Gasteiger partial charge >= 0.3 is 18.1 Å². The van der Waals surface area contributed by atoms with Crippen LogP contribution in [0.3, 0.4) is 0 Å². The molecular weight excluding hydrogens is 251 g/mol. The molecule has 1 amide bonds. The van der Waals surface area contributed by atoms with Crippen molar-refractivity contribution in [3.63, 3.8) is 0 Å². The van der Waals surface area contributed by atoms with Crippen molar-refractivity contribution in [2.24, 2.45) is 0 Å². The number of amides is 1. The first-order chi connectivity index (χ1) is 7.97. The van der Waals surface area contributed by atoms with Gasteiger partial charge in [0.05, 0.1) is 0 Å². The molecule has 0 aliphatic rings. The normalized spacial score (nSPS) is 11.9. The van der Waals surface area contributed by atoms with E-state index in [0.717, 1.165) is 6.08 Å². The molecule has 0 radical (unpaired) electrons. The van der Waals surface area contributed by atoms with Gasteiger partial charge in [0.15, 0.2) is 0 Å². The van der Waals surface area contributed by atoms with Crippen LogP contribution < -0.4 is 0 Å². The van der Waals surface area contributed by atoms with Crippen molar-refractivity contribution in [3.05, 3.63) is 12.7 Å². The van der Waals surface area contributed by atoms with Crippen molar-refractivity contribution < 1.29 is 27.5 Å². The second kappa shape index (κ2) is 5.88. The van der Waals surface area contributed by atoms with Crippen molar-refractivity contribution in [2.45, 2.75) is 32.5 Å². The van der Waals surface area contributed by atoms with Crippen molar-refractivity contribution in [1.82, 2.24) is 4.90 Å². The van der Waals surface area contributed by atoms with Gasteiger partial charge in [0.1, 0.15) is 12.1 Å². The molecule has 0 unspecified atom stereocenters. The molecule has 4 nitrogen and oxygen atoms in total. The highest BCUT2D eigenvalue weighted by Gasteiger charge is 2.42. The van der Waals surface area contributed by atoms with Gasteiger partial charge < -0.3 is 9.64 Å². The number of hydrogen-bond acceptors (Lipinski definition) is 3. The lowest BCUT2D eigenvalue weighted by molar-refractivity contribution is -0.187. The maximum Gasteiger partial charge on any atom is 0.471 e. The van der Waals surface area contributed by atoms with Gasteiger partial charge in [-0.1, -0.05) is 6.08 Å².